The number of pyridine rings is 2. The van der Waals surface area contributed by atoms with Gasteiger partial charge < -0.3 is 10.3 Å². The third-order valence-electron chi connectivity index (χ3n) is 6.36. The number of nitrogens with zero attached hydrogens (tertiary/aromatic N) is 7. The molecule has 2 N–H and O–H groups in total. The van der Waals surface area contributed by atoms with Crippen molar-refractivity contribution in [2.45, 2.75) is 25.3 Å². The van der Waals surface area contributed by atoms with Gasteiger partial charge in [0.25, 0.3) is 5.56 Å². The maximum absolute atomic E-state index is 14.3. The minimum atomic E-state index is -0.624. The Morgan fingerprint density at radius 2 is 2.00 bits per heavy atom. The lowest BCUT2D eigenvalue weighted by Crippen LogP contribution is -2.27. The molecular weight excluding hydrogens is 471 g/mol. The number of nitrogen functional groups attached to an aromatic ring is 1. The van der Waals surface area contributed by atoms with Gasteiger partial charge in [0.2, 0.25) is 5.95 Å². The van der Waals surface area contributed by atoms with Gasteiger partial charge in [-0.1, -0.05) is 11.6 Å². The van der Waals surface area contributed by atoms with E-state index in [1.54, 1.807) is 41.1 Å². The van der Waals surface area contributed by atoms with Gasteiger partial charge in [0, 0.05) is 46.2 Å². The quantitative estimate of drug-likeness (QED) is 0.438. The Morgan fingerprint density at radius 3 is 2.80 bits per heavy atom. The first-order valence-electron chi connectivity index (χ1n) is 10.9. The average Bonchev–Trinajstić information content (AvgIpc) is 3.59. The topological polar surface area (TPSA) is 117 Å². The third-order valence-corrected chi connectivity index (χ3v) is 6.59. The fraction of sp³-hybridized carbons (Fsp3) is 0.167. The van der Waals surface area contributed by atoms with E-state index in [1.807, 2.05) is 12.1 Å². The molecule has 4 aromatic rings. The zero-order chi connectivity index (χ0) is 24.1. The van der Waals surface area contributed by atoms with Crippen molar-refractivity contribution in [2.24, 2.45) is 4.99 Å². The normalized spacial score (nSPS) is 16.8. The highest BCUT2D eigenvalue weighted by Crippen LogP contribution is 2.36. The summed E-state index contributed by atoms with van der Waals surface area (Å²) in [7, 11) is 0. The van der Waals surface area contributed by atoms with E-state index in [9.17, 15) is 9.18 Å². The minimum absolute atomic E-state index is 0.126. The molecule has 11 heteroatoms. The van der Waals surface area contributed by atoms with E-state index in [1.165, 1.54) is 11.0 Å². The number of hydrogen-bond donors (Lipinski definition) is 1. The van der Waals surface area contributed by atoms with Crippen molar-refractivity contribution in [1.29, 1.82) is 0 Å². The van der Waals surface area contributed by atoms with Gasteiger partial charge in [-0.25, -0.2) is 4.98 Å². The number of halogens is 2. The SMILES string of the molecule is Nc1ccc(C2=CN=C([C@@H]3CCc4cc(-c5cc(Cl)ccc5-n5cnnn5)cc(=O)n43)C2)c(F)n1. The molecule has 0 unspecified atom stereocenters. The van der Waals surface area contributed by atoms with Crippen LogP contribution in [-0.4, -0.2) is 35.5 Å². The zero-order valence-corrected chi connectivity index (χ0v) is 19.0. The molecule has 2 aliphatic rings. The first-order valence-corrected chi connectivity index (χ1v) is 11.3. The number of aliphatic imine (C=N–C) groups is 1. The summed E-state index contributed by atoms with van der Waals surface area (Å²) < 4.78 is 17.6. The highest BCUT2D eigenvalue weighted by molar-refractivity contribution is 6.31. The predicted molar refractivity (Wildman–Crippen MR) is 130 cm³/mol. The van der Waals surface area contributed by atoms with Gasteiger partial charge in [0.1, 0.15) is 12.1 Å². The number of fused-ring (bicyclic) bond motifs is 1. The molecule has 35 heavy (non-hydrogen) atoms. The highest BCUT2D eigenvalue weighted by Gasteiger charge is 2.31. The molecule has 0 aliphatic carbocycles. The van der Waals surface area contributed by atoms with Crippen LogP contribution in [0.15, 0.2) is 64.8 Å². The van der Waals surface area contributed by atoms with E-state index < -0.39 is 5.95 Å². The predicted octanol–water partition coefficient (Wildman–Crippen LogP) is 3.63. The van der Waals surface area contributed by atoms with Gasteiger partial charge >= 0.3 is 0 Å². The van der Waals surface area contributed by atoms with Crippen molar-refractivity contribution in [1.82, 2.24) is 29.8 Å². The lowest BCUT2D eigenvalue weighted by molar-refractivity contribution is 0.581. The first kappa shape index (κ1) is 21.4. The molecule has 0 spiro atoms. The number of hydrogen-bond acceptors (Lipinski definition) is 7. The summed E-state index contributed by atoms with van der Waals surface area (Å²) >= 11 is 6.27. The van der Waals surface area contributed by atoms with Crippen LogP contribution < -0.4 is 11.3 Å². The molecule has 5 heterocycles. The van der Waals surface area contributed by atoms with Crippen LogP contribution in [0.4, 0.5) is 10.2 Å². The number of tetrazole rings is 1. The number of allylic oxidation sites excluding steroid dienone is 1. The molecule has 2 aliphatic heterocycles. The van der Waals surface area contributed by atoms with Crippen LogP contribution in [0.5, 0.6) is 0 Å². The molecular formula is C24H18ClFN8O. The number of benzene rings is 1. The Morgan fingerprint density at radius 1 is 1.11 bits per heavy atom. The molecule has 0 radical (unpaired) electrons. The Balaban J connectivity index is 1.33. The molecule has 0 saturated heterocycles. The fourth-order valence-electron chi connectivity index (χ4n) is 4.78. The van der Waals surface area contributed by atoms with Crippen molar-refractivity contribution < 1.29 is 4.39 Å². The molecule has 1 atom stereocenters. The minimum Gasteiger partial charge on any atom is -0.384 e. The monoisotopic (exact) mass is 488 g/mol. The van der Waals surface area contributed by atoms with E-state index in [0.29, 0.717) is 34.7 Å². The van der Waals surface area contributed by atoms with E-state index in [-0.39, 0.29) is 17.4 Å². The number of rotatable bonds is 4. The third kappa shape index (κ3) is 3.71. The van der Waals surface area contributed by atoms with Gasteiger partial charge in [-0.05, 0) is 70.8 Å². The van der Waals surface area contributed by atoms with Crippen LogP contribution in [0, 0.1) is 5.95 Å². The van der Waals surface area contributed by atoms with Crippen molar-refractivity contribution >= 4 is 28.7 Å². The van der Waals surface area contributed by atoms with Gasteiger partial charge in [-0.3, -0.25) is 9.79 Å². The van der Waals surface area contributed by atoms with Gasteiger partial charge in [-0.15, -0.1) is 5.10 Å². The summed E-state index contributed by atoms with van der Waals surface area (Å²) in [6, 6.07) is 11.9. The fourth-order valence-corrected chi connectivity index (χ4v) is 4.95. The van der Waals surface area contributed by atoms with Crippen LogP contribution in [0.2, 0.25) is 5.02 Å². The molecule has 0 amide bonds. The Hall–Kier alpha value is -4.18. The van der Waals surface area contributed by atoms with E-state index >= 15 is 0 Å². The summed E-state index contributed by atoms with van der Waals surface area (Å²) in [4.78, 5) is 21.6. The number of nitrogens with two attached hydrogens (primary N) is 1. The van der Waals surface area contributed by atoms with E-state index in [4.69, 9.17) is 17.3 Å². The van der Waals surface area contributed by atoms with Crippen LogP contribution in [0.3, 0.4) is 0 Å². The van der Waals surface area contributed by atoms with Crippen molar-refractivity contribution in [2.75, 3.05) is 5.73 Å². The second kappa shape index (κ2) is 8.24. The van der Waals surface area contributed by atoms with Crippen LogP contribution in [-0.2, 0) is 6.42 Å². The number of aryl methyl sites for hydroxylation is 1. The molecule has 6 rings (SSSR count). The first-order chi connectivity index (χ1) is 17.0. The molecule has 9 nitrogen and oxygen atoms in total. The second-order valence-electron chi connectivity index (χ2n) is 8.44. The van der Waals surface area contributed by atoms with Crippen LogP contribution in [0.1, 0.15) is 30.1 Å². The van der Waals surface area contributed by atoms with Gasteiger partial charge in [-0.2, -0.15) is 9.07 Å². The van der Waals surface area contributed by atoms with Crippen molar-refractivity contribution in [3.63, 3.8) is 0 Å². The summed E-state index contributed by atoms with van der Waals surface area (Å²) in [6.45, 7) is 0. The van der Waals surface area contributed by atoms with Crippen molar-refractivity contribution in [3.05, 3.63) is 87.6 Å². The number of anilines is 1. The Bertz CT molecular complexity index is 1590. The average molecular weight is 489 g/mol. The summed E-state index contributed by atoms with van der Waals surface area (Å²) in [5.41, 5.74) is 10.4. The Kier molecular flexibility index (Phi) is 5.03. The summed E-state index contributed by atoms with van der Waals surface area (Å²) in [5, 5.41) is 11.9. The Labute approximate surface area is 203 Å². The molecule has 174 valence electrons. The van der Waals surface area contributed by atoms with Gasteiger partial charge in [0.15, 0.2) is 0 Å². The lowest BCUT2D eigenvalue weighted by atomic mass is 9.99. The van der Waals surface area contributed by atoms with E-state index in [2.05, 4.69) is 25.5 Å². The van der Waals surface area contributed by atoms with Crippen molar-refractivity contribution in [3.8, 4) is 16.8 Å². The number of aromatic nitrogens is 6. The molecule has 0 fully saturated rings. The molecule has 0 bridgehead atoms. The highest BCUT2D eigenvalue weighted by atomic mass is 35.5. The standard InChI is InChI=1S/C24H18ClFN8O/c25-15-1-4-20(33-12-29-31-32-33)18(10-15)13-7-16-2-5-21(34(16)23(35)9-13)19-8-14(11-28-19)17-3-6-22(27)30-24(17)26/h1,3-4,6-7,9-12,21H,2,5,8H2,(H2,27,30)/t21-/m0/s1. The van der Waals surface area contributed by atoms with Gasteiger partial charge in [0.05, 0.1) is 11.7 Å². The van der Waals surface area contributed by atoms with Crippen LogP contribution in [0.25, 0.3) is 22.4 Å². The second-order valence-corrected chi connectivity index (χ2v) is 8.88. The maximum Gasteiger partial charge on any atom is 0.251 e. The van der Waals surface area contributed by atoms with Crippen LogP contribution >= 0.6 is 11.6 Å². The maximum atomic E-state index is 14.3. The molecule has 0 saturated carbocycles. The largest absolute Gasteiger partial charge is 0.384 e. The summed E-state index contributed by atoms with van der Waals surface area (Å²) in [6.07, 6.45) is 5.02. The zero-order valence-electron chi connectivity index (χ0n) is 18.3. The van der Waals surface area contributed by atoms with E-state index in [0.717, 1.165) is 29.0 Å². The smallest absolute Gasteiger partial charge is 0.251 e. The summed E-state index contributed by atoms with van der Waals surface area (Å²) in [5.74, 6) is -0.498. The molecule has 3 aromatic heterocycles. The molecule has 1 aromatic carbocycles. The lowest BCUT2D eigenvalue weighted by Gasteiger charge is -2.17.